The summed E-state index contributed by atoms with van der Waals surface area (Å²) in [5, 5.41) is 0. The van der Waals surface area contributed by atoms with E-state index in [-0.39, 0.29) is 11.9 Å². The van der Waals surface area contributed by atoms with Gasteiger partial charge >= 0.3 is 0 Å². The van der Waals surface area contributed by atoms with Crippen molar-refractivity contribution in [3.63, 3.8) is 0 Å². The SMILES string of the molecule is CCC1CC2(CCO1)CC(=O)c1cc(F)ccc1O2. The summed E-state index contributed by atoms with van der Waals surface area (Å²) in [5.74, 6) is 0.0805. The van der Waals surface area contributed by atoms with E-state index in [4.69, 9.17) is 9.47 Å². The Hall–Kier alpha value is -1.42. The lowest BCUT2D eigenvalue weighted by Crippen LogP contribution is -2.49. The molecule has 0 radical (unpaired) electrons. The Morgan fingerprint density at radius 2 is 2.32 bits per heavy atom. The first kappa shape index (κ1) is 12.6. The van der Waals surface area contributed by atoms with Gasteiger partial charge in [0.25, 0.3) is 0 Å². The molecule has 1 aromatic carbocycles. The molecule has 19 heavy (non-hydrogen) atoms. The number of hydrogen-bond donors (Lipinski definition) is 0. The van der Waals surface area contributed by atoms with Gasteiger partial charge in [0.1, 0.15) is 17.2 Å². The van der Waals surface area contributed by atoms with Gasteiger partial charge in [-0.3, -0.25) is 4.79 Å². The summed E-state index contributed by atoms with van der Waals surface area (Å²) in [6, 6.07) is 4.16. The van der Waals surface area contributed by atoms with Gasteiger partial charge in [-0.15, -0.1) is 0 Å². The highest BCUT2D eigenvalue weighted by Gasteiger charge is 2.44. The maximum atomic E-state index is 13.2. The number of carbonyl (C=O) groups is 1. The minimum absolute atomic E-state index is 0.0301. The predicted octanol–water partition coefficient (Wildman–Crippen LogP) is 3.12. The minimum atomic E-state index is -0.458. The summed E-state index contributed by atoms with van der Waals surface area (Å²) in [7, 11) is 0. The van der Waals surface area contributed by atoms with E-state index in [9.17, 15) is 9.18 Å². The molecule has 0 bridgehead atoms. The van der Waals surface area contributed by atoms with Crippen molar-refractivity contribution in [2.24, 2.45) is 0 Å². The fourth-order valence-electron chi connectivity index (χ4n) is 2.97. The van der Waals surface area contributed by atoms with Crippen LogP contribution in [0, 0.1) is 5.82 Å². The maximum absolute atomic E-state index is 13.2. The first-order chi connectivity index (χ1) is 9.12. The van der Waals surface area contributed by atoms with Crippen LogP contribution in [0.25, 0.3) is 0 Å². The van der Waals surface area contributed by atoms with E-state index in [1.54, 1.807) is 6.07 Å². The number of rotatable bonds is 1. The summed E-state index contributed by atoms with van der Waals surface area (Å²) in [6.45, 7) is 2.68. The molecular formula is C15H17FO3. The zero-order valence-corrected chi connectivity index (χ0v) is 10.9. The van der Waals surface area contributed by atoms with Crippen molar-refractivity contribution >= 4 is 5.78 Å². The van der Waals surface area contributed by atoms with E-state index in [0.717, 1.165) is 12.8 Å². The highest BCUT2D eigenvalue weighted by atomic mass is 19.1. The standard InChI is InChI=1S/C15H17FO3/c1-2-11-8-15(5-6-18-11)9-13(17)12-7-10(16)3-4-14(12)19-15/h3-4,7,11H,2,5-6,8-9H2,1H3. The van der Waals surface area contributed by atoms with Gasteiger partial charge in [-0.1, -0.05) is 6.92 Å². The number of benzene rings is 1. The molecule has 1 aromatic rings. The van der Waals surface area contributed by atoms with Crippen molar-refractivity contribution in [1.82, 2.24) is 0 Å². The summed E-state index contributed by atoms with van der Waals surface area (Å²) in [5.41, 5.74) is -0.0916. The first-order valence-corrected chi connectivity index (χ1v) is 6.75. The van der Waals surface area contributed by atoms with Crippen LogP contribution < -0.4 is 4.74 Å². The molecule has 4 heteroatoms. The molecule has 0 aromatic heterocycles. The van der Waals surface area contributed by atoms with E-state index >= 15 is 0 Å². The predicted molar refractivity (Wildman–Crippen MR) is 68.0 cm³/mol. The largest absolute Gasteiger partial charge is 0.486 e. The smallest absolute Gasteiger partial charge is 0.170 e. The molecule has 1 saturated heterocycles. The van der Waals surface area contributed by atoms with E-state index in [1.807, 2.05) is 0 Å². The average molecular weight is 264 g/mol. The minimum Gasteiger partial charge on any atom is -0.486 e. The van der Waals surface area contributed by atoms with E-state index in [2.05, 4.69) is 6.92 Å². The number of halogens is 1. The van der Waals surface area contributed by atoms with Crippen molar-refractivity contribution in [1.29, 1.82) is 0 Å². The molecule has 0 aliphatic carbocycles. The van der Waals surface area contributed by atoms with Crippen LogP contribution in [0.3, 0.4) is 0 Å². The lowest BCUT2D eigenvalue weighted by atomic mass is 9.81. The molecule has 1 fully saturated rings. The summed E-state index contributed by atoms with van der Waals surface area (Å²) in [6.07, 6.45) is 2.82. The second-order valence-electron chi connectivity index (χ2n) is 5.38. The van der Waals surface area contributed by atoms with Crippen LogP contribution in [0.4, 0.5) is 4.39 Å². The number of hydrogen-bond acceptors (Lipinski definition) is 3. The average Bonchev–Trinajstić information content (AvgIpc) is 2.40. The van der Waals surface area contributed by atoms with Crippen molar-refractivity contribution < 1.29 is 18.7 Å². The molecule has 102 valence electrons. The molecule has 3 nitrogen and oxygen atoms in total. The fourth-order valence-corrected chi connectivity index (χ4v) is 2.97. The summed E-state index contributed by atoms with van der Waals surface area (Å²) >= 11 is 0. The third-order valence-electron chi connectivity index (χ3n) is 4.02. The van der Waals surface area contributed by atoms with Crippen LogP contribution in [-0.2, 0) is 4.74 Å². The number of carbonyl (C=O) groups excluding carboxylic acids is 1. The molecule has 0 amide bonds. The Morgan fingerprint density at radius 3 is 3.11 bits per heavy atom. The van der Waals surface area contributed by atoms with E-state index in [1.165, 1.54) is 12.1 Å². The quantitative estimate of drug-likeness (QED) is 0.781. The number of Topliss-reactive ketones (excluding diaryl/α,β-unsaturated/α-hetero) is 1. The number of ether oxygens (including phenoxy) is 2. The molecule has 0 saturated carbocycles. The molecular weight excluding hydrogens is 247 g/mol. The molecule has 3 rings (SSSR count). The van der Waals surface area contributed by atoms with Crippen molar-refractivity contribution in [2.75, 3.05) is 6.61 Å². The van der Waals surface area contributed by atoms with Gasteiger partial charge in [0.2, 0.25) is 0 Å². The fraction of sp³-hybridized carbons (Fsp3) is 0.533. The van der Waals surface area contributed by atoms with Gasteiger partial charge < -0.3 is 9.47 Å². The lowest BCUT2D eigenvalue weighted by Gasteiger charge is -2.43. The van der Waals surface area contributed by atoms with Crippen molar-refractivity contribution in [2.45, 2.75) is 44.3 Å². The number of fused-ring (bicyclic) bond motifs is 1. The van der Waals surface area contributed by atoms with Crippen LogP contribution in [-0.4, -0.2) is 24.1 Å². The molecule has 2 atom stereocenters. The van der Waals surface area contributed by atoms with Crippen molar-refractivity contribution in [3.05, 3.63) is 29.6 Å². The van der Waals surface area contributed by atoms with Gasteiger partial charge in [-0.25, -0.2) is 4.39 Å². The highest BCUT2D eigenvalue weighted by molar-refractivity contribution is 6.00. The normalized spacial score (nSPS) is 30.0. The molecule has 2 aliphatic rings. The van der Waals surface area contributed by atoms with Crippen LogP contribution in [0.5, 0.6) is 5.75 Å². The monoisotopic (exact) mass is 264 g/mol. The Morgan fingerprint density at radius 1 is 1.47 bits per heavy atom. The van der Waals surface area contributed by atoms with E-state index in [0.29, 0.717) is 30.8 Å². The summed E-state index contributed by atoms with van der Waals surface area (Å²) < 4.78 is 24.9. The van der Waals surface area contributed by atoms with Gasteiger partial charge in [-0.05, 0) is 24.6 Å². The Labute approximate surface area is 111 Å². The molecule has 2 aliphatic heterocycles. The van der Waals surface area contributed by atoms with Gasteiger partial charge in [0.05, 0.1) is 24.7 Å². The van der Waals surface area contributed by atoms with Crippen LogP contribution in [0.1, 0.15) is 43.0 Å². The zero-order chi connectivity index (χ0) is 13.5. The second kappa shape index (κ2) is 4.60. The number of ketones is 1. The highest BCUT2D eigenvalue weighted by Crippen LogP contribution is 2.40. The first-order valence-electron chi connectivity index (χ1n) is 6.75. The van der Waals surface area contributed by atoms with Crippen LogP contribution >= 0.6 is 0 Å². The Balaban J connectivity index is 1.92. The Kier molecular flexibility index (Phi) is 3.05. The maximum Gasteiger partial charge on any atom is 0.170 e. The van der Waals surface area contributed by atoms with Crippen LogP contribution in [0.2, 0.25) is 0 Å². The van der Waals surface area contributed by atoms with E-state index < -0.39 is 11.4 Å². The van der Waals surface area contributed by atoms with Gasteiger partial charge in [0.15, 0.2) is 5.78 Å². The Bertz CT molecular complexity index is 514. The van der Waals surface area contributed by atoms with Gasteiger partial charge in [-0.2, -0.15) is 0 Å². The molecule has 2 unspecified atom stereocenters. The molecule has 2 heterocycles. The lowest BCUT2D eigenvalue weighted by molar-refractivity contribution is -0.0922. The summed E-state index contributed by atoms with van der Waals surface area (Å²) in [4.78, 5) is 12.2. The zero-order valence-electron chi connectivity index (χ0n) is 10.9. The molecule has 1 spiro atoms. The topological polar surface area (TPSA) is 35.5 Å². The van der Waals surface area contributed by atoms with Gasteiger partial charge in [0, 0.05) is 12.8 Å². The van der Waals surface area contributed by atoms with Crippen molar-refractivity contribution in [3.8, 4) is 5.75 Å². The second-order valence-corrected chi connectivity index (χ2v) is 5.38. The third-order valence-corrected chi connectivity index (χ3v) is 4.02. The van der Waals surface area contributed by atoms with Crippen LogP contribution in [0.15, 0.2) is 18.2 Å². The molecule has 0 N–H and O–H groups in total. The third kappa shape index (κ3) is 2.25.